The van der Waals surface area contributed by atoms with E-state index in [-0.39, 0.29) is 0 Å². The molecule has 1 N–H and O–H groups in total. The van der Waals surface area contributed by atoms with Gasteiger partial charge < -0.3 is 5.11 Å². The second-order valence-corrected chi connectivity index (χ2v) is 4.27. The third-order valence-electron chi connectivity index (χ3n) is 2.54. The Labute approximate surface area is 107 Å². The number of aliphatic hydroxyl groups excluding tert-OH is 1. The molecule has 0 aliphatic rings. The van der Waals surface area contributed by atoms with Gasteiger partial charge in [-0.15, -0.1) is 0 Å². The summed E-state index contributed by atoms with van der Waals surface area (Å²) in [6.45, 7) is 2.52. The van der Waals surface area contributed by atoms with Gasteiger partial charge in [-0.3, -0.25) is 0 Å². The lowest BCUT2D eigenvalue weighted by Gasteiger charge is -1.91. The zero-order chi connectivity index (χ0) is 12.6. The lowest BCUT2D eigenvalue weighted by Crippen LogP contribution is -1.77. The van der Waals surface area contributed by atoms with E-state index in [0.29, 0.717) is 6.61 Å². The maximum absolute atomic E-state index is 8.59. The van der Waals surface area contributed by atoms with E-state index >= 15 is 0 Å². The lowest BCUT2D eigenvalue weighted by atomic mass is 10.2. The zero-order valence-electron chi connectivity index (χ0n) is 11.3. The Morgan fingerprint density at radius 1 is 0.706 bits per heavy atom. The Balaban J connectivity index is 3.24. The van der Waals surface area contributed by atoms with E-state index in [0.717, 1.165) is 19.3 Å². The Kier molecular flexibility index (Phi) is 14.4. The van der Waals surface area contributed by atoms with Gasteiger partial charge in [0.05, 0.1) is 0 Å². The molecule has 0 saturated heterocycles. The van der Waals surface area contributed by atoms with Gasteiger partial charge in [-0.25, -0.2) is 0 Å². The summed E-state index contributed by atoms with van der Waals surface area (Å²) in [6, 6.07) is 0. The van der Waals surface area contributed by atoms with E-state index in [2.05, 4.69) is 43.4 Å². The molecule has 0 fully saturated rings. The molecule has 0 spiro atoms. The van der Waals surface area contributed by atoms with Crippen LogP contribution in [0.15, 0.2) is 36.5 Å². The van der Waals surface area contributed by atoms with Crippen LogP contribution in [0.4, 0.5) is 0 Å². The van der Waals surface area contributed by atoms with Gasteiger partial charge in [-0.1, -0.05) is 56.2 Å². The van der Waals surface area contributed by atoms with Crippen LogP contribution in [0, 0.1) is 0 Å². The smallest absolute Gasteiger partial charge is 0.0433 e. The predicted octanol–water partition coefficient (Wildman–Crippen LogP) is 4.79. The van der Waals surface area contributed by atoms with Crippen molar-refractivity contribution in [1.82, 2.24) is 0 Å². The van der Waals surface area contributed by atoms with Crippen LogP contribution in [0.2, 0.25) is 0 Å². The zero-order valence-corrected chi connectivity index (χ0v) is 11.3. The molecule has 0 bridgehead atoms. The summed E-state index contributed by atoms with van der Waals surface area (Å²) in [7, 11) is 0. The van der Waals surface area contributed by atoms with Crippen molar-refractivity contribution in [2.45, 2.75) is 58.3 Å². The van der Waals surface area contributed by atoms with Crippen LogP contribution in [-0.4, -0.2) is 11.7 Å². The first kappa shape index (κ1) is 16.2. The van der Waals surface area contributed by atoms with Crippen molar-refractivity contribution in [3.05, 3.63) is 36.5 Å². The van der Waals surface area contributed by atoms with Crippen molar-refractivity contribution in [2.75, 3.05) is 6.61 Å². The molecule has 98 valence electrons. The first-order valence-corrected chi connectivity index (χ1v) is 6.99. The minimum absolute atomic E-state index is 0.290. The summed E-state index contributed by atoms with van der Waals surface area (Å²) in [6.07, 6.45) is 22.4. The molecular weight excluding hydrogens is 208 g/mol. The number of hydrogen-bond acceptors (Lipinski definition) is 1. The third kappa shape index (κ3) is 15.2. The van der Waals surface area contributed by atoms with Crippen molar-refractivity contribution in [3.63, 3.8) is 0 Å². The normalized spacial score (nSPS) is 12.4. The highest BCUT2D eigenvalue weighted by atomic mass is 16.2. The molecule has 0 saturated carbocycles. The molecule has 0 atom stereocenters. The van der Waals surface area contributed by atoms with Crippen LogP contribution >= 0.6 is 0 Å². The minimum Gasteiger partial charge on any atom is -0.396 e. The Bertz CT molecular complexity index is 214. The summed E-state index contributed by atoms with van der Waals surface area (Å²) in [5.41, 5.74) is 0. The van der Waals surface area contributed by atoms with Crippen molar-refractivity contribution >= 4 is 0 Å². The van der Waals surface area contributed by atoms with Gasteiger partial charge in [0.15, 0.2) is 0 Å². The van der Waals surface area contributed by atoms with E-state index < -0.39 is 0 Å². The standard InChI is InChI=1S/C16H28O/c1-2-3-4-5-6-7-8-9-10-11-12-13-14-15-16-17/h5-6,10-13,17H,2-4,7-9,14-16H2,1H3/b6-5+,11-10+,13-12+. The molecule has 0 aliphatic carbocycles. The number of allylic oxidation sites excluding steroid dienone is 6. The first-order valence-electron chi connectivity index (χ1n) is 6.99. The minimum atomic E-state index is 0.290. The van der Waals surface area contributed by atoms with Gasteiger partial charge in [-0.2, -0.15) is 0 Å². The van der Waals surface area contributed by atoms with E-state index in [1.807, 2.05) is 0 Å². The number of rotatable bonds is 11. The largest absolute Gasteiger partial charge is 0.396 e. The summed E-state index contributed by atoms with van der Waals surface area (Å²) < 4.78 is 0. The Morgan fingerprint density at radius 3 is 1.82 bits per heavy atom. The highest BCUT2D eigenvalue weighted by Crippen LogP contribution is 2.01. The maximum atomic E-state index is 8.59. The second kappa shape index (κ2) is 15.2. The number of unbranched alkanes of at least 4 members (excludes halogenated alkanes) is 5. The monoisotopic (exact) mass is 236 g/mol. The molecule has 0 amide bonds. The third-order valence-corrected chi connectivity index (χ3v) is 2.54. The molecule has 17 heavy (non-hydrogen) atoms. The molecule has 0 radical (unpaired) electrons. The van der Waals surface area contributed by atoms with Gasteiger partial charge in [-0.05, 0) is 38.5 Å². The molecule has 0 aromatic heterocycles. The fourth-order valence-corrected chi connectivity index (χ4v) is 1.47. The molecule has 0 heterocycles. The Morgan fingerprint density at radius 2 is 1.24 bits per heavy atom. The molecule has 0 unspecified atom stereocenters. The number of hydrogen-bond donors (Lipinski definition) is 1. The van der Waals surface area contributed by atoms with E-state index in [9.17, 15) is 0 Å². The average molecular weight is 236 g/mol. The van der Waals surface area contributed by atoms with Gasteiger partial charge >= 0.3 is 0 Å². The van der Waals surface area contributed by atoms with Gasteiger partial charge in [0.1, 0.15) is 0 Å². The van der Waals surface area contributed by atoms with E-state index in [4.69, 9.17) is 5.11 Å². The van der Waals surface area contributed by atoms with Crippen molar-refractivity contribution in [3.8, 4) is 0 Å². The predicted molar refractivity (Wildman–Crippen MR) is 77.1 cm³/mol. The van der Waals surface area contributed by atoms with Crippen LogP contribution in [0.5, 0.6) is 0 Å². The summed E-state index contributed by atoms with van der Waals surface area (Å²) in [5, 5.41) is 8.59. The highest BCUT2D eigenvalue weighted by Gasteiger charge is 1.81. The van der Waals surface area contributed by atoms with Gasteiger partial charge in [0, 0.05) is 6.61 Å². The van der Waals surface area contributed by atoms with Crippen LogP contribution in [0.25, 0.3) is 0 Å². The second-order valence-electron chi connectivity index (χ2n) is 4.27. The molecule has 1 nitrogen and oxygen atoms in total. The fourth-order valence-electron chi connectivity index (χ4n) is 1.47. The maximum Gasteiger partial charge on any atom is 0.0433 e. The fraction of sp³-hybridized carbons (Fsp3) is 0.625. The number of aliphatic hydroxyl groups is 1. The van der Waals surface area contributed by atoms with Gasteiger partial charge in [0.25, 0.3) is 0 Å². The highest BCUT2D eigenvalue weighted by molar-refractivity contribution is 5.02. The van der Waals surface area contributed by atoms with E-state index in [1.54, 1.807) is 0 Å². The molecular formula is C16H28O. The molecule has 0 aromatic rings. The van der Waals surface area contributed by atoms with Crippen molar-refractivity contribution in [2.24, 2.45) is 0 Å². The lowest BCUT2D eigenvalue weighted by molar-refractivity contribution is 0.289. The van der Waals surface area contributed by atoms with Crippen molar-refractivity contribution in [1.29, 1.82) is 0 Å². The van der Waals surface area contributed by atoms with Crippen molar-refractivity contribution < 1.29 is 5.11 Å². The van der Waals surface area contributed by atoms with Crippen LogP contribution in [-0.2, 0) is 0 Å². The summed E-state index contributed by atoms with van der Waals surface area (Å²) in [4.78, 5) is 0. The molecule has 0 aliphatic heterocycles. The molecule has 0 aromatic carbocycles. The molecule has 1 heteroatoms. The topological polar surface area (TPSA) is 20.2 Å². The van der Waals surface area contributed by atoms with E-state index in [1.165, 1.54) is 32.1 Å². The SMILES string of the molecule is CCCC/C=C/CCC/C=C/C=C/CCCO. The first-order chi connectivity index (χ1) is 8.41. The molecule has 0 rings (SSSR count). The average Bonchev–Trinajstić information content (AvgIpc) is 2.35. The summed E-state index contributed by atoms with van der Waals surface area (Å²) in [5.74, 6) is 0. The summed E-state index contributed by atoms with van der Waals surface area (Å²) >= 11 is 0. The van der Waals surface area contributed by atoms with Crippen LogP contribution < -0.4 is 0 Å². The Hall–Kier alpha value is -0.820. The van der Waals surface area contributed by atoms with Gasteiger partial charge in [0.2, 0.25) is 0 Å². The quantitative estimate of drug-likeness (QED) is 0.311. The van der Waals surface area contributed by atoms with Crippen LogP contribution in [0.1, 0.15) is 58.3 Å². The van der Waals surface area contributed by atoms with Crippen LogP contribution in [0.3, 0.4) is 0 Å².